The van der Waals surface area contributed by atoms with Crippen molar-refractivity contribution in [3.63, 3.8) is 0 Å². The molecular formula is C16H11ClF3N5O2S. The summed E-state index contributed by atoms with van der Waals surface area (Å²) in [5.74, 6) is -1.15. The summed E-state index contributed by atoms with van der Waals surface area (Å²) in [6.45, 7) is 0. The Morgan fingerprint density at radius 2 is 1.89 bits per heavy atom. The molecule has 0 aliphatic heterocycles. The number of hydrogen-bond acceptors (Lipinski definition) is 5. The molecule has 0 spiro atoms. The minimum Gasteiger partial charge on any atom is -0.366 e. The van der Waals surface area contributed by atoms with E-state index in [-0.39, 0.29) is 21.6 Å². The molecule has 3 aromatic rings. The number of benzene rings is 1. The van der Waals surface area contributed by atoms with Crippen LogP contribution in [-0.2, 0) is 11.0 Å². The van der Waals surface area contributed by atoms with Gasteiger partial charge >= 0.3 is 6.18 Å². The summed E-state index contributed by atoms with van der Waals surface area (Å²) in [7, 11) is 0. The molecule has 0 radical (unpaired) electrons. The SMILES string of the molecule is NC(=O)c1ccc(NC(=O)CSc2nnc3c(Cl)cc(C(F)(F)F)cn23)cc1. The van der Waals surface area contributed by atoms with E-state index in [2.05, 4.69) is 15.5 Å². The van der Waals surface area contributed by atoms with E-state index in [1.165, 1.54) is 24.3 Å². The van der Waals surface area contributed by atoms with E-state index in [1.807, 2.05) is 0 Å². The predicted molar refractivity (Wildman–Crippen MR) is 97.3 cm³/mol. The van der Waals surface area contributed by atoms with Crippen LogP contribution in [-0.4, -0.2) is 32.2 Å². The van der Waals surface area contributed by atoms with Gasteiger partial charge in [0.05, 0.1) is 16.3 Å². The lowest BCUT2D eigenvalue weighted by atomic mass is 10.2. The number of nitrogens with one attached hydrogen (secondary N) is 1. The van der Waals surface area contributed by atoms with Crippen LogP contribution in [0.15, 0.2) is 41.7 Å². The van der Waals surface area contributed by atoms with E-state index in [0.29, 0.717) is 11.3 Å². The third-order valence-electron chi connectivity index (χ3n) is 3.54. The smallest absolute Gasteiger partial charge is 0.366 e. The summed E-state index contributed by atoms with van der Waals surface area (Å²) in [4.78, 5) is 23.1. The van der Waals surface area contributed by atoms with Crippen molar-refractivity contribution in [1.82, 2.24) is 14.6 Å². The molecule has 146 valence electrons. The maximum absolute atomic E-state index is 13.0. The molecule has 12 heteroatoms. The second kappa shape index (κ2) is 7.68. The molecule has 0 unspecified atom stereocenters. The lowest BCUT2D eigenvalue weighted by Crippen LogP contribution is -2.15. The summed E-state index contributed by atoms with van der Waals surface area (Å²) in [6, 6.07) is 6.69. The van der Waals surface area contributed by atoms with Crippen LogP contribution in [0, 0.1) is 0 Å². The third-order valence-corrected chi connectivity index (χ3v) is 4.76. The molecular weight excluding hydrogens is 419 g/mol. The molecule has 0 saturated carbocycles. The highest BCUT2D eigenvalue weighted by atomic mass is 35.5. The lowest BCUT2D eigenvalue weighted by Gasteiger charge is -2.09. The maximum atomic E-state index is 13.0. The van der Waals surface area contributed by atoms with Crippen LogP contribution < -0.4 is 11.1 Å². The van der Waals surface area contributed by atoms with E-state index in [1.54, 1.807) is 0 Å². The van der Waals surface area contributed by atoms with Crippen LogP contribution in [0.25, 0.3) is 5.65 Å². The predicted octanol–water partition coefficient (Wildman–Crippen LogP) is 3.23. The van der Waals surface area contributed by atoms with Gasteiger partial charge in [0.15, 0.2) is 10.8 Å². The van der Waals surface area contributed by atoms with Gasteiger partial charge in [-0.05, 0) is 30.3 Å². The van der Waals surface area contributed by atoms with Crippen molar-refractivity contribution in [2.24, 2.45) is 5.73 Å². The maximum Gasteiger partial charge on any atom is 0.417 e. The van der Waals surface area contributed by atoms with Crippen molar-refractivity contribution >= 4 is 46.5 Å². The van der Waals surface area contributed by atoms with Crippen LogP contribution in [0.1, 0.15) is 15.9 Å². The topological polar surface area (TPSA) is 102 Å². The average Bonchev–Trinajstić information content (AvgIpc) is 3.03. The minimum absolute atomic E-state index is 0.0552. The zero-order valence-electron chi connectivity index (χ0n) is 13.8. The highest BCUT2D eigenvalue weighted by Gasteiger charge is 2.32. The molecule has 2 aromatic heterocycles. The van der Waals surface area contributed by atoms with Crippen LogP contribution in [0.2, 0.25) is 5.02 Å². The van der Waals surface area contributed by atoms with E-state index in [9.17, 15) is 22.8 Å². The fourth-order valence-electron chi connectivity index (χ4n) is 2.23. The molecule has 3 N–H and O–H groups in total. The number of pyridine rings is 1. The van der Waals surface area contributed by atoms with Gasteiger partial charge in [-0.2, -0.15) is 13.2 Å². The second-order valence-corrected chi connectivity index (χ2v) is 6.88. The molecule has 0 bridgehead atoms. The number of fused-ring (bicyclic) bond motifs is 1. The van der Waals surface area contributed by atoms with Gasteiger partial charge in [-0.15, -0.1) is 10.2 Å². The first-order valence-corrected chi connectivity index (χ1v) is 8.95. The van der Waals surface area contributed by atoms with E-state index in [4.69, 9.17) is 17.3 Å². The first kappa shape index (κ1) is 20.0. The molecule has 3 rings (SSSR count). The van der Waals surface area contributed by atoms with Crippen molar-refractivity contribution in [3.8, 4) is 0 Å². The fourth-order valence-corrected chi connectivity index (χ4v) is 3.19. The number of nitrogens with zero attached hydrogens (tertiary/aromatic N) is 3. The number of carbonyl (C=O) groups excluding carboxylic acids is 2. The van der Waals surface area contributed by atoms with Crippen molar-refractivity contribution in [1.29, 1.82) is 0 Å². The first-order valence-electron chi connectivity index (χ1n) is 7.59. The van der Waals surface area contributed by atoms with Crippen molar-refractivity contribution in [3.05, 3.63) is 52.7 Å². The monoisotopic (exact) mass is 429 g/mol. The highest BCUT2D eigenvalue weighted by Crippen LogP contribution is 2.33. The number of hydrogen-bond donors (Lipinski definition) is 2. The van der Waals surface area contributed by atoms with E-state index in [0.717, 1.165) is 28.4 Å². The molecule has 2 heterocycles. The Morgan fingerprint density at radius 1 is 1.21 bits per heavy atom. The number of rotatable bonds is 5. The molecule has 2 amide bonds. The van der Waals surface area contributed by atoms with Gasteiger partial charge in [0.2, 0.25) is 11.8 Å². The standard InChI is InChI=1S/C16H11ClF3N5O2S/c17-11-5-9(16(18,19)20)6-25-14(11)23-24-15(25)28-7-12(26)22-10-3-1-8(2-4-10)13(21)27/h1-6H,7H2,(H2,21,27)(H,22,26). The van der Waals surface area contributed by atoms with E-state index >= 15 is 0 Å². The number of nitrogens with two attached hydrogens (primary N) is 1. The average molecular weight is 430 g/mol. The first-order chi connectivity index (χ1) is 13.1. The molecule has 0 saturated heterocycles. The zero-order valence-corrected chi connectivity index (χ0v) is 15.4. The van der Waals surface area contributed by atoms with Crippen LogP contribution in [0.5, 0.6) is 0 Å². The molecule has 0 atom stereocenters. The molecule has 0 aliphatic carbocycles. The third kappa shape index (κ3) is 4.37. The Morgan fingerprint density at radius 3 is 2.50 bits per heavy atom. The second-order valence-electron chi connectivity index (χ2n) is 5.53. The fraction of sp³-hybridized carbons (Fsp3) is 0.125. The molecule has 0 aliphatic rings. The van der Waals surface area contributed by atoms with Gasteiger partial charge in [0.1, 0.15) is 0 Å². The number of aromatic nitrogens is 3. The number of carbonyl (C=O) groups is 2. The normalized spacial score (nSPS) is 11.6. The van der Waals surface area contributed by atoms with Crippen molar-refractivity contribution in [2.45, 2.75) is 11.3 Å². The highest BCUT2D eigenvalue weighted by molar-refractivity contribution is 7.99. The van der Waals surface area contributed by atoms with Crippen LogP contribution >= 0.6 is 23.4 Å². The number of halogens is 4. The van der Waals surface area contributed by atoms with Gasteiger partial charge in [0, 0.05) is 17.4 Å². The Labute approximate surface area is 165 Å². The summed E-state index contributed by atoms with van der Waals surface area (Å²) >= 11 is 6.74. The number of amides is 2. The molecule has 28 heavy (non-hydrogen) atoms. The summed E-state index contributed by atoms with van der Waals surface area (Å²) in [6.07, 6.45) is -3.76. The summed E-state index contributed by atoms with van der Waals surface area (Å²) in [5.41, 5.74) is 4.96. The van der Waals surface area contributed by atoms with E-state index < -0.39 is 23.6 Å². The number of anilines is 1. The van der Waals surface area contributed by atoms with Gasteiger partial charge in [-0.25, -0.2) is 0 Å². The van der Waals surface area contributed by atoms with Crippen LogP contribution in [0.3, 0.4) is 0 Å². The zero-order chi connectivity index (χ0) is 20.5. The molecule has 0 fully saturated rings. The van der Waals surface area contributed by atoms with Gasteiger partial charge in [-0.1, -0.05) is 23.4 Å². The minimum atomic E-state index is -4.58. The number of alkyl halides is 3. The van der Waals surface area contributed by atoms with Crippen molar-refractivity contribution in [2.75, 3.05) is 11.1 Å². The van der Waals surface area contributed by atoms with Crippen LogP contribution in [0.4, 0.5) is 18.9 Å². The summed E-state index contributed by atoms with van der Waals surface area (Å²) in [5, 5.41) is 10.0. The largest absolute Gasteiger partial charge is 0.417 e. The lowest BCUT2D eigenvalue weighted by molar-refractivity contribution is -0.137. The Hall–Kier alpha value is -2.79. The Bertz CT molecular complexity index is 1050. The quantitative estimate of drug-likeness (QED) is 0.606. The molecule has 1 aromatic carbocycles. The van der Waals surface area contributed by atoms with Gasteiger partial charge in [0.25, 0.3) is 0 Å². The number of primary amides is 1. The number of thioether (sulfide) groups is 1. The van der Waals surface area contributed by atoms with Gasteiger partial charge < -0.3 is 11.1 Å². The summed E-state index contributed by atoms with van der Waals surface area (Å²) < 4.78 is 40.0. The Balaban J connectivity index is 1.71. The Kier molecular flexibility index (Phi) is 5.47. The van der Waals surface area contributed by atoms with Gasteiger partial charge in [-0.3, -0.25) is 14.0 Å². The van der Waals surface area contributed by atoms with Crippen molar-refractivity contribution < 1.29 is 22.8 Å². The molecule has 7 nitrogen and oxygen atoms in total.